The molecular weight excluding hydrogens is 996 g/mol. The second-order valence-electron chi connectivity index (χ2n) is 17.8. The number of aromatic nitrogens is 4. The number of rotatable bonds is 8. The number of hydrogen-bond acceptors (Lipinski definition) is 3. The van der Waals surface area contributed by atoms with Crippen molar-refractivity contribution in [3.8, 4) is 17.1 Å². The zero-order valence-corrected chi connectivity index (χ0v) is 42.9. The first kappa shape index (κ1) is 44.0. The number of nitrogens with zero attached hydrogens (tertiary/aromatic N) is 5. The Hall–Kier alpha value is -7.27. The van der Waals surface area contributed by atoms with Crippen molar-refractivity contribution in [2.45, 2.75) is 0 Å². The molecule has 70 heavy (non-hydrogen) atoms. The van der Waals surface area contributed by atoms with Crippen LogP contribution in [0.1, 0.15) is 0 Å². The Morgan fingerprint density at radius 2 is 1.17 bits per heavy atom. The second-order valence-corrected chi connectivity index (χ2v) is 27.4. The molecule has 0 N–H and O–H groups in total. The molecule has 13 rings (SSSR count). The maximum absolute atomic E-state index is 5.18. The normalized spacial score (nSPS) is 14.3. The van der Waals surface area contributed by atoms with Crippen molar-refractivity contribution in [1.29, 1.82) is 0 Å². The number of benzene rings is 9. The minimum absolute atomic E-state index is 0. The summed E-state index contributed by atoms with van der Waals surface area (Å²) < 4.78 is 4.62. The summed E-state index contributed by atoms with van der Waals surface area (Å²) in [6.07, 6.45) is 1.91. The number of pyridine rings is 1. The number of aryl methyl sites for hydroxylation is 1. The van der Waals surface area contributed by atoms with Gasteiger partial charge in [0.1, 0.15) is 21.6 Å². The quantitative estimate of drug-likeness (QED) is 0.0660. The van der Waals surface area contributed by atoms with E-state index in [4.69, 9.17) is 9.97 Å². The molecule has 0 spiro atoms. The predicted molar refractivity (Wildman–Crippen MR) is 295 cm³/mol. The molecule has 0 aliphatic carbocycles. The van der Waals surface area contributed by atoms with Gasteiger partial charge in [0.2, 0.25) is 0 Å². The molecule has 0 saturated carbocycles. The zero-order chi connectivity index (χ0) is 46.1. The molecular formula is C61H44N5PPdSi2. The third-order valence-electron chi connectivity index (χ3n) is 14.2. The molecule has 2 unspecified atom stereocenters. The number of para-hydroxylation sites is 4. The van der Waals surface area contributed by atoms with Crippen molar-refractivity contribution >= 4 is 111 Å². The van der Waals surface area contributed by atoms with Gasteiger partial charge in [0.15, 0.2) is 0 Å². The van der Waals surface area contributed by atoms with Crippen LogP contribution in [-0.4, -0.2) is 34.9 Å². The van der Waals surface area contributed by atoms with Crippen LogP contribution in [0.25, 0.3) is 49.9 Å². The fraction of sp³-hybridized carbons (Fsp3) is 0.0164. The molecule has 0 radical (unpaired) electrons. The average Bonchev–Trinajstić information content (AvgIpc) is 3.95. The first-order chi connectivity index (χ1) is 34.0. The molecule has 0 fully saturated rings. The Labute approximate surface area is 425 Å². The summed E-state index contributed by atoms with van der Waals surface area (Å²) in [5, 5.41) is 11.2. The average molecular weight is 1040 g/mol. The van der Waals surface area contributed by atoms with Gasteiger partial charge in [-0.1, -0.05) is 156 Å². The van der Waals surface area contributed by atoms with Crippen LogP contribution >= 0.6 is 8.79 Å². The van der Waals surface area contributed by atoms with Crippen molar-refractivity contribution in [3.05, 3.63) is 249 Å². The Kier molecular flexibility index (Phi) is 11.1. The molecule has 1 aliphatic rings. The Morgan fingerprint density at radius 1 is 0.543 bits per heavy atom. The minimum atomic E-state index is -3.23. The van der Waals surface area contributed by atoms with Crippen LogP contribution in [0.5, 0.6) is 0 Å². The van der Waals surface area contributed by atoms with E-state index >= 15 is 0 Å². The summed E-state index contributed by atoms with van der Waals surface area (Å²) in [7, 11) is -0.569. The largest absolute Gasteiger partial charge is 2.00 e. The first-order valence-corrected chi connectivity index (χ1v) is 29.2. The SMILES string of the molecule is Cn1c(-c2[c-]c([Si](c3[c-]c4c(cc3)[Si](P)(c3ccccc3)c3c(ccc5c3c3ccccc3n5-c3ccccc3)N4c3ccccn3)(c3ccccc3)c3ccccc3)ccc2)nc2ccccc21.[Pd+2]. The van der Waals surface area contributed by atoms with E-state index in [1.807, 2.05) is 12.3 Å². The van der Waals surface area contributed by atoms with Gasteiger partial charge in [-0.15, -0.1) is 49.0 Å². The number of imidazole rings is 1. The molecule has 5 nitrogen and oxygen atoms in total. The van der Waals surface area contributed by atoms with Crippen LogP contribution < -0.4 is 41.2 Å². The number of fused-ring (bicyclic) bond motifs is 7. The summed E-state index contributed by atoms with van der Waals surface area (Å²) in [5.74, 6) is 1.73. The summed E-state index contributed by atoms with van der Waals surface area (Å²) in [5.41, 5.74) is 8.63. The summed E-state index contributed by atoms with van der Waals surface area (Å²) in [6, 6.07) is 92.2. The van der Waals surface area contributed by atoms with E-state index < -0.39 is 15.8 Å². The predicted octanol–water partition coefficient (Wildman–Crippen LogP) is 9.33. The van der Waals surface area contributed by atoms with E-state index in [1.54, 1.807) is 0 Å². The van der Waals surface area contributed by atoms with E-state index in [0.717, 1.165) is 55.7 Å². The van der Waals surface area contributed by atoms with Gasteiger partial charge in [-0.25, -0.2) is 4.98 Å². The van der Waals surface area contributed by atoms with Crippen LogP contribution in [0.2, 0.25) is 0 Å². The topological polar surface area (TPSA) is 38.9 Å². The van der Waals surface area contributed by atoms with Gasteiger partial charge in [0.05, 0.1) is 27.9 Å². The maximum atomic E-state index is 5.18. The molecule has 9 aromatic carbocycles. The van der Waals surface area contributed by atoms with Crippen LogP contribution in [0.15, 0.2) is 237 Å². The van der Waals surface area contributed by atoms with Gasteiger partial charge in [-0.2, -0.15) is 23.4 Å². The van der Waals surface area contributed by atoms with E-state index in [-0.39, 0.29) is 20.4 Å². The van der Waals surface area contributed by atoms with Crippen molar-refractivity contribution < 1.29 is 20.4 Å². The van der Waals surface area contributed by atoms with Crippen LogP contribution in [0.3, 0.4) is 0 Å². The Bertz CT molecular complexity index is 3850. The van der Waals surface area contributed by atoms with Gasteiger partial charge in [0.25, 0.3) is 0 Å². The molecule has 9 heteroatoms. The molecule has 0 bridgehead atoms. The van der Waals surface area contributed by atoms with Crippen molar-refractivity contribution in [2.75, 3.05) is 4.90 Å². The van der Waals surface area contributed by atoms with Crippen molar-refractivity contribution in [3.63, 3.8) is 0 Å². The van der Waals surface area contributed by atoms with Crippen molar-refractivity contribution in [2.24, 2.45) is 7.05 Å². The monoisotopic (exact) mass is 1040 g/mol. The Balaban J connectivity index is 0.00000505. The van der Waals surface area contributed by atoms with E-state index in [1.165, 1.54) is 47.7 Å². The van der Waals surface area contributed by atoms with Crippen LogP contribution in [0.4, 0.5) is 17.2 Å². The zero-order valence-electron chi connectivity index (χ0n) is 38.1. The number of anilines is 3. The van der Waals surface area contributed by atoms with Crippen molar-refractivity contribution in [1.82, 2.24) is 19.1 Å². The summed E-state index contributed by atoms with van der Waals surface area (Å²) >= 11 is 0. The minimum Gasteiger partial charge on any atom is -0.367 e. The fourth-order valence-electron chi connectivity index (χ4n) is 11.2. The van der Waals surface area contributed by atoms with Crippen LogP contribution in [-0.2, 0) is 27.5 Å². The standard InChI is InChI=1S/C61H44N5PSi2.Pd/c1-64-53-34-17-15-32-51(53)63-61(64)43-21-20-30-48(41-43)68(45-24-8-3-9-25-45,46-26-10-4-11-27-46)49-36-39-57-56(42-49)66(58-35-18-19-40-62-58)55-38-37-54-59(60(55)69(57,67)47-28-12-5-13-29-47)50-31-14-16-33-52(50)65(54)44-22-6-2-7-23-44;/h2-40H,67H2,1H3;/q-2;+2. The van der Waals surface area contributed by atoms with Gasteiger partial charge in [-0.05, 0) is 70.2 Å². The Morgan fingerprint density at radius 3 is 1.87 bits per heavy atom. The second kappa shape index (κ2) is 17.6. The summed E-state index contributed by atoms with van der Waals surface area (Å²) in [6.45, 7) is 0. The molecule has 0 amide bonds. The van der Waals surface area contributed by atoms with E-state index in [0.29, 0.717) is 0 Å². The molecule has 336 valence electrons. The number of hydrogen-bond donors (Lipinski definition) is 0. The van der Waals surface area contributed by atoms with Crippen LogP contribution in [0, 0.1) is 12.1 Å². The molecule has 1 aliphatic heterocycles. The third-order valence-corrected chi connectivity index (χ3v) is 25.4. The van der Waals surface area contributed by atoms with Gasteiger partial charge in [-0.3, -0.25) is 4.98 Å². The smallest absolute Gasteiger partial charge is 0.367 e. The van der Waals surface area contributed by atoms with Gasteiger partial charge in [0, 0.05) is 35.4 Å². The van der Waals surface area contributed by atoms with Gasteiger partial charge >= 0.3 is 20.4 Å². The first-order valence-electron chi connectivity index (χ1n) is 23.4. The molecule has 12 aromatic rings. The van der Waals surface area contributed by atoms with Gasteiger partial charge < -0.3 is 14.0 Å². The molecule has 4 heterocycles. The molecule has 2 atom stereocenters. The van der Waals surface area contributed by atoms with E-state index in [2.05, 4.69) is 266 Å². The molecule has 3 aromatic heterocycles. The van der Waals surface area contributed by atoms with E-state index in [9.17, 15) is 0 Å². The summed E-state index contributed by atoms with van der Waals surface area (Å²) in [4.78, 5) is 12.7. The maximum Gasteiger partial charge on any atom is 2.00 e. The molecule has 0 saturated heterocycles. The fourth-order valence-corrected chi connectivity index (χ4v) is 21.6. The third kappa shape index (κ3) is 6.63.